The van der Waals surface area contributed by atoms with Crippen LogP contribution in [0.15, 0.2) is 47.2 Å². The van der Waals surface area contributed by atoms with E-state index in [0.717, 1.165) is 25.6 Å². The minimum absolute atomic E-state index is 0.710. The van der Waals surface area contributed by atoms with Crippen LogP contribution in [0, 0.1) is 0 Å². The minimum Gasteiger partial charge on any atom is -0.379 e. The van der Waals surface area contributed by atoms with Crippen molar-refractivity contribution in [2.24, 2.45) is 0 Å². The molecular formula is C14H10BrClN2S. The van der Waals surface area contributed by atoms with Crippen LogP contribution in [-0.4, -0.2) is 4.98 Å². The summed E-state index contributed by atoms with van der Waals surface area (Å²) in [5.41, 5.74) is 0.983. The highest BCUT2D eigenvalue weighted by Crippen LogP contribution is 2.35. The van der Waals surface area contributed by atoms with Gasteiger partial charge in [-0.25, -0.2) is 4.98 Å². The fourth-order valence-corrected chi connectivity index (χ4v) is 3.52. The number of hydrogen-bond acceptors (Lipinski definition) is 3. The Morgan fingerprint density at radius 2 is 2.05 bits per heavy atom. The van der Waals surface area contributed by atoms with E-state index < -0.39 is 0 Å². The number of benzene rings is 1. The molecule has 3 aromatic rings. The van der Waals surface area contributed by atoms with Gasteiger partial charge in [0.2, 0.25) is 0 Å². The Kier molecular flexibility index (Phi) is 3.73. The maximum atomic E-state index is 6.40. The molecule has 2 nitrogen and oxygen atoms in total. The Morgan fingerprint density at radius 3 is 2.79 bits per heavy atom. The summed E-state index contributed by atoms with van der Waals surface area (Å²) in [4.78, 5) is 5.33. The molecule has 0 fully saturated rings. The summed E-state index contributed by atoms with van der Waals surface area (Å²) in [7, 11) is 0. The zero-order valence-corrected chi connectivity index (χ0v) is 13.0. The fraction of sp³-hybridized carbons (Fsp3) is 0.0714. The first-order chi connectivity index (χ1) is 9.24. The normalized spacial score (nSPS) is 10.8. The van der Waals surface area contributed by atoms with E-state index in [0.29, 0.717) is 6.54 Å². The van der Waals surface area contributed by atoms with Crippen molar-refractivity contribution in [2.75, 3.05) is 5.32 Å². The lowest BCUT2D eigenvalue weighted by Gasteiger charge is -2.04. The second kappa shape index (κ2) is 5.49. The molecule has 0 aliphatic rings. The highest BCUT2D eigenvalue weighted by molar-refractivity contribution is 9.10. The largest absolute Gasteiger partial charge is 0.379 e. The topological polar surface area (TPSA) is 24.9 Å². The molecule has 5 heteroatoms. The molecule has 0 amide bonds. The Bertz CT molecular complexity index is 709. The van der Waals surface area contributed by atoms with Crippen LogP contribution in [0.4, 0.5) is 5.69 Å². The van der Waals surface area contributed by atoms with Gasteiger partial charge in [-0.15, -0.1) is 11.3 Å². The predicted octanol–water partition coefficient (Wildman–Crippen LogP) is 5.32. The second-order valence-corrected chi connectivity index (χ2v) is 6.39. The summed E-state index contributed by atoms with van der Waals surface area (Å²) >= 11 is 11.4. The molecule has 0 radical (unpaired) electrons. The summed E-state index contributed by atoms with van der Waals surface area (Å²) in [6, 6.07) is 12.1. The Hall–Kier alpha value is -1.10. The molecule has 0 aliphatic carbocycles. The third kappa shape index (κ3) is 2.76. The quantitative estimate of drug-likeness (QED) is 0.644. The number of aromatic nitrogens is 1. The third-order valence-corrected chi connectivity index (χ3v) is 4.97. The number of halogens is 2. The third-order valence-electron chi connectivity index (χ3n) is 2.78. The molecular weight excluding hydrogens is 344 g/mol. The van der Waals surface area contributed by atoms with Crippen molar-refractivity contribution in [1.82, 2.24) is 4.98 Å². The first kappa shape index (κ1) is 12.9. The zero-order valence-electron chi connectivity index (χ0n) is 9.86. The van der Waals surface area contributed by atoms with Crippen molar-refractivity contribution in [3.05, 3.63) is 57.1 Å². The highest BCUT2D eigenvalue weighted by atomic mass is 79.9. The van der Waals surface area contributed by atoms with E-state index in [-0.39, 0.29) is 0 Å². The van der Waals surface area contributed by atoms with E-state index in [1.165, 1.54) is 4.70 Å². The van der Waals surface area contributed by atoms with E-state index in [2.05, 4.69) is 38.4 Å². The van der Waals surface area contributed by atoms with Gasteiger partial charge in [-0.05, 0) is 34.1 Å². The number of nitrogens with one attached hydrogen (secondary N) is 1. The van der Waals surface area contributed by atoms with Crippen LogP contribution in [0.3, 0.4) is 0 Å². The lowest BCUT2D eigenvalue weighted by molar-refractivity contribution is 1.17. The molecule has 0 saturated heterocycles. The van der Waals surface area contributed by atoms with Crippen LogP contribution in [0.5, 0.6) is 0 Å². The minimum atomic E-state index is 0.710. The van der Waals surface area contributed by atoms with Gasteiger partial charge in [-0.1, -0.05) is 29.8 Å². The molecule has 0 aliphatic heterocycles. The molecule has 0 unspecified atom stereocenters. The Labute approximate surface area is 128 Å². The van der Waals surface area contributed by atoms with Crippen LogP contribution in [0.25, 0.3) is 10.1 Å². The van der Waals surface area contributed by atoms with Crippen molar-refractivity contribution in [1.29, 1.82) is 0 Å². The maximum absolute atomic E-state index is 6.40. The van der Waals surface area contributed by atoms with Crippen molar-refractivity contribution in [3.8, 4) is 0 Å². The number of thiophene rings is 1. The molecule has 0 bridgehead atoms. The van der Waals surface area contributed by atoms with Gasteiger partial charge in [-0.3, -0.25) is 0 Å². The smallest absolute Gasteiger partial charge is 0.106 e. The van der Waals surface area contributed by atoms with E-state index in [1.54, 1.807) is 17.5 Å². The Balaban J connectivity index is 1.82. The average molecular weight is 354 g/mol. The Morgan fingerprint density at radius 1 is 1.21 bits per heavy atom. The number of pyridine rings is 1. The van der Waals surface area contributed by atoms with E-state index in [4.69, 9.17) is 11.6 Å². The van der Waals surface area contributed by atoms with E-state index in [9.17, 15) is 0 Å². The first-order valence-corrected chi connectivity index (χ1v) is 7.74. The molecule has 2 aromatic heterocycles. The molecule has 2 heterocycles. The van der Waals surface area contributed by atoms with Gasteiger partial charge in [0, 0.05) is 15.0 Å². The molecule has 1 N–H and O–H groups in total. The molecule has 0 saturated carbocycles. The fourth-order valence-electron chi connectivity index (χ4n) is 1.84. The van der Waals surface area contributed by atoms with E-state index >= 15 is 0 Å². The first-order valence-electron chi connectivity index (χ1n) is 5.75. The molecule has 0 atom stereocenters. The molecule has 1 aromatic carbocycles. The second-order valence-electron chi connectivity index (χ2n) is 4.06. The van der Waals surface area contributed by atoms with Gasteiger partial charge in [0.1, 0.15) is 4.60 Å². The maximum Gasteiger partial charge on any atom is 0.106 e. The van der Waals surface area contributed by atoms with Crippen LogP contribution in [0.1, 0.15) is 4.88 Å². The van der Waals surface area contributed by atoms with Crippen LogP contribution in [0.2, 0.25) is 5.02 Å². The standard InChI is InChI=1S/C14H10BrClN2S/c15-13-6-5-9(7-18-13)17-8-12-14(16)10-3-1-2-4-11(10)19-12/h1-7,17H,8H2. The van der Waals surface area contributed by atoms with Gasteiger partial charge in [0.15, 0.2) is 0 Å². The van der Waals surface area contributed by atoms with Gasteiger partial charge < -0.3 is 5.32 Å². The van der Waals surface area contributed by atoms with Crippen molar-refractivity contribution < 1.29 is 0 Å². The predicted molar refractivity (Wildman–Crippen MR) is 86.1 cm³/mol. The summed E-state index contributed by atoms with van der Waals surface area (Å²) in [5, 5.41) is 5.30. The number of nitrogens with zero attached hydrogens (tertiary/aromatic N) is 1. The molecule has 0 spiro atoms. The van der Waals surface area contributed by atoms with Gasteiger partial charge >= 0.3 is 0 Å². The van der Waals surface area contributed by atoms with Crippen LogP contribution < -0.4 is 5.32 Å². The molecule has 19 heavy (non-hydrogen) atoms. The lowest BCUT2D eigenvalue weighted by atomic mass is 10.2. The zero-order chi connectivity index (χ0) is 13.2. The molecule has 96 valence electrons. The highest BCUT2D eigenvalue weighted by Gasteiger charge is 2.09. The summed E-state index contributed by atoms with van der Waals surface area (Å²) in [6.45, 7) is 0.710. The van der Waals surface area contributed by atoms with E-state index in [1.807, 2.05) is 24.3 Å². The van der Waals surface area contributed by atoms with Crippen LogP contribution >= 0.6 is 38.9 Å². The van der Waals surface area contributed by atoms with Crippen LogP contribution in [-0.2, 0) is 6.54 Å². The summed E-state index contributed by atoms with van der Waals surface area (Å²) in [5.74, 6) is 0. The SMILES string of the molecule is Clc1c(CNc2ccc(Br)nc2)sc2ccccc12. The van der Waals surface area contributed by atoms with Crippen molar-refractivity contribution in [3.63, 3.8) is 0 Å². The number of hydrogen-bond donors (Lipinski definition) is 1. The van der Waals surface area contributed by atoms with Crippen molar-refractivity contribution >= 4 is 54.6 Å². The van der Waals surface area contributed by atoms with Crippen molar-refractivity contribution in [2.45, 2.75) is 6.54 Å². The average Bonchev–Trinajstić information content (AvgIpc) is 2.76. The lowest BCUT2D eigenvalue weighted by Crippen LogP contribution is -1.98. The monoisotopic (exact) mass is 352 g/mol. The summed E-state index contributed by atoms with van der Waals surface area (Å²) < 4.78 is 2.05. The number of rotatable bonds is 3. The van der Waals surface area contributed by atoms with Gasteiger partial charge in [0.05, 0.1) is 23.5 Å². The number of fused-ring (bicyclic) bond motifs is 1. The van der Waals surface area contributed by atoms with Gasteiger partial charge in [0.25, 0.3) is 0 Å². The summed E-state index contributed by atoms with van der Waals surface area (Å²) in [6.07, 6.45) is 1.80. The number of anilines is 1. The van der Waals surface area contributed by atoms with Gasteiger partial charge in [-0.2, -0.15) is 0 Å². The molecule has 3 rings (SSSR count).